The van der Waals surface area contributed by atoms with Gasteiger partial charge in [0.05, 0.1) is 5.75 Å². The lowest BCUT2D eigenvalue weighted by Gasteiger charge is -2.03. The number of rotatable bonds is 3. The number of halogens is 3. The molecule has 0 N–H and O–H groups in total. The highest BCUT2D eigenvalue weighted by molar-refractivity contribution is 7.92. The van der Waals surface area contributed by atoms with Crippen LogP contribution in [0.5, 0.6) is 0 Å². The van der Waals surface area contributed by atoms with Gasteiger partial charge in [-0.2, -0.15) is 17.7 Å². The standard InChI is InChI=1S/C13H8F3N3O3S2/c14-13(15,16)9-6-10(20)19-11(17-9)23-12(18-19)24(21,22)7-8-4-2-1-3-5-8/h1-6H,7H2. The molecule has 0 amide bonds. The third-order valence-electron chi connectivity index (χ3n) is 2.98. The SMILES string of the molecule is O=c1cc(C(F)(F)F)nc2sc(S(=O)(=O)Cc3ccccc3)nn12. The highest BCUT2D eigenvalue weighted by atomic mass is 32.2. The van der Waals surface area contributed by atoms with Crippen molar-refractivity contribution in [3.05, 3.63) is 58.0 Å². The summed E-state index contributed by atoms with van der Waals surface area (Å²) < 4.78 is 62.8. The Hall–Kier alpha value is -2.27. The molecule has 2 aromatic heterocycles. The fraction of sp³-hybridized carbons (Fsp3) is 0.154. The minimum Gasteiger partial charge on any atom is -0.267 e. The van der Waals surface area contributed by atoms with Crippen molar-refractivity contribution in [1.82, 2.24) is 14.6 Å². The number of hydrogen-bond donors (Lipinski definition) is 0. The van der Waals surface area contributed by atoms with Crippen molar-refractivity contribution in [1.29, 1.82) is 0 Å². The zero-order valence-corrected chi connectivity index (χ0v) is 13.3. The summed E-state index contributed by atoms with van der Waals surface area (Å²) in [5.74, 6) is -0.380. The van der Waals surface area contributed by atoms with E-state index in [2.05, 4.69) is 10.1 Å². The summed E-state index contributed by atoms with van der Waals surface area (Å²) in [6.45, 7) is 0. The van der Waals surface area contributed by atoms with Crippen molar-refractivity contribution < 1.29 is 21.6 Å². The molecule has 6 nitrogen and oxygen atoms in total. The number of aromatic nitrogens is 3. The van der Waals surface area contributed by atoms with Gasteiger partial charge in [0.1, 0.15) is 0 Å². The van der Waals surface area contributed by atoms with E-state index < -0.39 is 36.6 Å². The lowest BCUT2D eigenvalue weighted by atomic mass is 10.2. The number of fused-ring (bicyclic) bond motifs is 1. The molecule has 0 bridgehead atoms. The Balaban J connectivity index is 2.08. The topological polar surface area (TPSA) is 81.4 Å². The van der Waals surface area contributed by atoms with Crippen LogP contribution in [0.25, 0.3) is 4.96 Å². The smallest absolute Gasteiger partial charge is 0.267 e. The van der Waals surface area contributed by atoms with E-state index in [0.717, 1.165) is 0 Å². The molecule has 126 valence electrons. The molecule has 0 aliphatic carbocycles. The molecule has 2 heterocycles. The first-order valence-corrected chi connectivity index (χ1v) is 8.88. The number of benzene rings is 1. The van der Waals surface area contributed by atoms with E-state index in [9.17, 15) is 26.4 Å². The van der Waals surface area contributed by atoms with Crippen molar-refractivity contribution in [2.75, 3.05) is 0 Å². The first-order valence-electron chi connectivity index (χ1n) is 6.42. The average molecular weight is 375 g/mol. The summed E-state index contributed by atoms with van der Waals surface area (Å²) in [7, 11) is -3.91. The van der Waals surface area contributed by atoms with Crippen molar-refractivity contribution >= 4 is 26.1 Å². The molecule has 0 fully saturated rings. The summed E-state index contributed by atoms with van der Waals surface area (Å²) in [6.07, 6.45) is -4.80. The minimum atomic E-state index is -4.80. The second kappa shape index (κ2) is 5.67. The van der Waals surface area contributed by atoms with E-state index in [4.69, 9.17) is 0 Å². The van der Waals surface area contributed by atoms with Gasteiger partial charge in [-0.25, -0.2) is 13.4 Å². The number of hydrogen-bond acceptors (Lipinski definition) is 6. The minimum absolute atomic E-state index is 0.278. The zero-order valence-electron chi connectivity index (χ0n) is 11.7. The van der Waals surface area contributed by atoms with Gasteiger partial charge >= 0.3 is 6.18 Å². The maximum absolute atomic E-state index is 12.7. The normalized spacial score (nSPS) is 12.6. The van der Waals surface area contributed by atoms with Gasteiger partial charge in [-0.15, -0.1) is 5.10 Å². The van der Waals surface area contributed by atoms with Crippen LogP contribution in [0.2, 0.25) is 0 Å². The van der Waals surface area contributed by atoms with Gasteiger partial charge < -0.3 is 0 Å². The van der Waals surface area contributed by atoms with Crippen molar-refractivity contribution in [2.24, 2.45) is 0 Å². The lowest BCUT2D eigenvalue weighted by Crippen LogP contribution is -2.20. The maximum Gasteiger partial charge on any atom is 0.433 e. The molecule has 0 atom stereocenters. The van der Waals surface area contributed by atoms with Gasteiger partial charge in [0, 0.05) is 6.07 Å². The van der Waals surface area contributed by atoms with Crippen LogP contribution < -0.4 is 5.56 Å². The van der Waals surface area contributed by atoms with Gasteiger partial charge in [0.25, 0.3) is 5.56 Å². The summed E-state index contributed by atoms with van der Waals surface area (Å²) in [6, 6.07) is 8.50. The van der Waals surface area contributed by atoms with Crippen LogP contribution in [-0.4, -0.2) is 23.0 Å². The quantitative estimate of drug-likeness (QED) is 0.701. The monoisotopic (exact) mass is 375 g/mol. The van der Waals surface area contributed by atoms with Gasteiger partial charge in [-0.1, -0.05) is 41.7 Å². The number of alkyl halides is 3. The Morgan fingerprint density at radius 2 is 1.83 bits per heavy atom. The molecule has 0 spiro atoms. The molecule has 3 aromatic rings. The van der Waals surface area contributed by atoms with E-state index in [0.29, 0.717) is 21.4 Å². The Bertz CT molecular complexity index is 1060. The van der Waals surface area contributed by atoms with E-state index in [1.54, 1.807) is 30.3 Å². The lowest BCUT2D eigenvalue weighted by molar-refractivity contribution is -0.141. The fourth-order valence-electron chi connectivity index (χ4n) is 1.92. The van der Waals surface area contributed by atoms with Crippen LogP contribution in [0.15, 0.2) is 45.5 Å². The van der Waals surface area contributed by atoms with Gasteiger partial charge in [0.2, 0.25) is 19.1 Å². The Kier molecular flexibility index (Phi) is 3.92. The van der Waals surface area contributed by atoms with E-state index in [1.807, 2.05) is 0 Å². The van der Waals surface area contributed by atoms with Crippen LogP contribution in [0, 0.1) is 0 Å². The van der Waals surface area contributed by atoms with Crippen LogP contribution in [0.1, 0.15) is 11.3 Å². The first-order chi connectivity index (χ1) is 11.2. The van der Waals surface area contributed by atoms with Crippen LogP contribution in [0.4, 0.5) is 13.2 Å². The maximum atomic E-state index is 12.7. The largest absolute Gasteiger partial charge is 0.433 e. The molecule has 24 heavy (non-hydrogen) atoms. The summed E-state index contributed by atoms with van der Waals surface area (Å²) in [5.41, 5.74) is -1.99. The van der Waals surface area contributed by atoms with E-state index >= 15 is 0 Å². The fourth-order valence-corrected chi connectivity index (χ4v) is 4.43. The first kappa shape index (κ1) is 16.6. The molecule has 0 aliphatic rings. The second-order valence-electron chi connectivity index (χ2n) is 4.78. The molecule has 0 saturated heterocycles. The molecular formula is C13H8F3N3O3S2. The summed E-state index contributed by atoms with van der Waals surface area (Å²) >= 11 is 0.421. The highest BCUT2D eigenvalue weighted by Gasteiger charge is 2.34. The zero-order chi connectivity index (χ0) is 17.5. The second-order valence-corrected chi connectivity index (χ2v) is 7.90. The van der Waals surface area contributed by atoms with Crippen LogP contribution in [0.3, 0.4) is 0 Å². The predicted octanol–water partition coefficient (Wildman–Crippen LogP) is 2.14. The molecule has 0 radical (unpaired) electrons. The Morgan fingerprint density at radius 1 is 1.17 bits per heavy atom. The van der Waals surface area contributed by atoms with Gasteiger partial charge in [-0.3, -0.25) is 4.79 Å². The van der Waals surface area contributed by atoms with Crippen molar-refractivity contribution in [3.63, 3.8) is 0 Å². The molecule has 3 rings (SSSR count). The Morgan fingerprint density at radius 3 is 2.46 bits per heavy atom. The molecule has 0 aliphatic heterocycles. The number of nitrogens with zero attached hydrogens (tertiary/aromatic N) is 3. The average Bonchev–Trinajstić information content (AvgIpc) is 2.92. The summed E-state index contributed by atoms with van der Waals surface area (Å²) in [5, 5.41) is 3.61. The van der Waals surface area contributed by atoms with Crippen molar-refractivity contribution in [3.8, 4) is 0 Å². The Labute approximate surface area is 137 Å². The molecular weight excluding hydrogens is 367 g/mol. The molecule has 1 aromatic carbocycles. The predicted molar refractivity (Wildman–Crippen MR) is 79.5 cm³/mol. The number of sulfone groups is 1. The van der Waals surface area contributed by atoms with Crippen molar-refractivity contribution in [2.45, 2.75) is 16.3 Å². The van der Waals surface area contributed by atoms with Gasteiger partial charge in [-0.05, 0) is 5.56 Å². The third kappa shape index (κ3) is 3.17. The highest BCUT2D eigenvalue weighted by Crippen LogP contribution is 2.28. The van der Waals surface area contributed by atoms with Crippen LogP contribution in [-0.2, 0) is 21.8 Å². The molecule has 11 heteroatoms. The van der Waals surface area contributed by atoms with E-state index in [1.165, 1.54) is 0 Å². The van der Waals surface area contributed by atoms with E-state index in [-0.39, 0.29) is 11.8 Å². The molecule has 0 unspecified atom stereocenters. The van der Waals surface area contributed by atoms with Gasteiger partial charge in [0.15, 0.2) is 5.69 Å². The third-order valence-corrected chi connectivity index (χ3v) is 6.02. The van der Waals surface area contributed by atoms with Crippen LogP contribution >= 0.6 is 11.3 Å². The summed E-state index contributed by atoms with van der Waals surface area (Å²) in [4.78, 5) is 14.6. The molecule has 0 saturated carbocycles.